The van der Waals surface area contributed by atoms with Crippen molar-refractivity contribution in [1.29, 1.82) is 0 Å². The number of amides is 1. The van der Waals surface area contributed by atoms with Crippen LogP contribution in [0, 0.1) is 5.92 Å². The number of methoxy groups -OCH3 is 1. The first-order valence-corrected chi connectivity index (χ1v) is 12.2. The molecule has 1 aliphatic rings. The molecule has 0 bridgehead atoms. The van der Waals surface area contributed by atoms with E-state index in [2.05, 4.69) is 13.8 Å². The lowest BCUT2D eigenvalue weighted by Gasteiger charge is -2.26. The van der Waals surface area contributed by atoms with Crippen molar-refractivity contribution in [3.63, 3.8) is 0 Å². The second-order valence-electron chi connectivity index (χ2n) is 9.06. The molecule has 1 amide bonds. The zero-order valence-corrected chi connectivity index (χ0v) is 20.8. The van der Waals surface area contributed by atoms with E-state index in [4.69, 9.17) is 18.6 Å². The number of hydrogen-bond donors (Lipinski definition) is 0. The van der Waals surface area contributed by atoms with Crippen LogP contribution in [-0.2, 0) is 4.74 Å². The molecule has 7 nitrogen and oxygen atoms in total. The van der Waals surface area contributed by atoms with E-state index in [-0.39, 0.29) is 17.1 Å². The molecule has 1 unspecified atom stereocenters. The molecule has 0 aliphatic carbocycles. The van der Waals surface area contributed by atoms with Gasteiger partial charge in [-0.2, -0.15) is 0 Å². The second kappa shape index (κ2) is 11.0. The summed E-state index contributed by atoms with van der Waals surface area (Å²) in [5, 5.41) is 0.459. The molecule has 7 heteroatoms. The van der Waals surface area contributed by atoms with Gasteiger partial charge in [-0.15, -0.1) is 0 Å². The fraction of sp³-hybridized carbons (Fsp3) is 0.429. The van der Waals surface area contributed by atoms with Gasteiger partial charge in [0.25, 0.3) is 5.91 Å². The normalized spacial score (nSPS) is 15.2. The van der Waals surface area contributed by atoms with Crippen molar-refractivity contribution in [1.82, 2.24) is 4.90 Å². The Morgan fingerprint density at radius 2 is 1.86 bits per heavy atom. The average molecular weight is 480 g/mol. The highest BCUT2D eigenvalue weighted by molar-refractivity contribution is 5.99. The van der Waals surface area contributed by atoms with E-state index in [1.54, 1.807) is 36.3 Å². The van der Waals surface area contributed by atoms with Gasteiger partial charge in [0.15, 0.2) is 16.9 Å². The van der Waals surface area contributed by atoms with Crippen LogP contribution in [0.2, 0.25) is 0 Å². The highest BCUT2D eigenvalue weighted by atomic mass is 16.5. The standard InChI is InChI=1S/C28H33NO6/c1-5-33-15-8-14-29-25(19-11-12-22(23(17-19)32-4)34-16-13-18(2)3)24-26(30)20-9-6-7-10-21(20)35-27(24)28(29)31/h6-7,9-12,17-18,25H,5,8,13-16H2,1-4H3. The van der Waals surface area contributed by atoms with Gasteiger partial charge >= 0.3 is 0 Å². The van der Waals surface area contributed by atoms with Crippen LogP contribution >= 0.6 is 0 Å². The van der Waals surface area contributed by atoms with E-state index in [0.29, 0.717) is 66.7 Å². The zero-order valence-electron chi connectivity index (χ0n) is 20.8. The van der Waals surface area contributed by atoms with Crippen LogP contribution in [0.4, 0.5) is 0 Å². The Balaban J connectivity index is 1.76. The van der Waals surface area contributed by atoms with Crippen LogP contribution in [-0.4, -0.2) is 44.3 Å². The fourth-order valence-corrected chi connectivity index (χ4v) is 4.40. The molecule has 1 aliphatic heterocycles. The molecule has 0 spiro atoms. The molecule has 1 aromatic heterocycles. The molecule has 2 aromatic carbocycles. The van der Waals surface area contributed by atoms with Gasteiger partial charge in [-0.25, -0.2) is 0 Å². The van der Waals surface area contributed by atoms with Crippen molar-refractivity contribution in [2.24, 2.45) is 5.92 Å². The first-order valence-electron chi connectivity index (χ1n) is 12.2. The van der Waals surface area contributed by atoms with E-state index in [0.717, 1.165) is 12.0 Å². The first-order chi connectivity index (χ1) is 17.0. The molecule has 0 saturated heterocycles. The fourth-order valence-electron chi connectivity index (χ4n) is 4.40. The monoisotopic (exact) mass is 479 g/mol. The minimum absolute atomic E-state index is 0.103. The Hall–Kier alpha value is -3.32. The summed E-state index contributed by atoms with van der Waals surface area (Å²) in [6.07, 6.45) is 1.57. The Bertz CT molecular complexity index is 1250. The maximum Gasteiger partial charge on any atom is 0.290 e. The van der Waals surface area contributed by atoms with E-state index in [1.165, 1.54) is 0 Å². The van der Waals surface area contributed by atoms with Crippen molar-refractivity contribution >= 4 is 16.9 Å². The summed E-state index contributed by atoms with van der Waals surface area (Å²) in [7, 11) is 1.59. The summed E-state index contributed by atoms with van der Waals surface area (Å²) in [4.78, 5) is 28.7. The Morgan fingerprint density at radius 1 is 1.06 bits per heavy atom. The lowest BCUT2D eigenvalue weighted by atomic mass is 9.98. The van der Waals surface area contributed by atoms with Gasteiger partial charge in [0, 0.05) is 19.8 Å². The summed E-state index contributed by atoms with van der Waals surface area (Å²) in [6.45, 7) is 8.37. The molecule has 3 aromatic rings. The topological polar surface area (TPSA) is 78.2 Å². The van der Waals surface area contributed by atoms with Gasteiger partial charge < -0.3 is 23.5 Å². The molecule has 0 N–H and O–H groups in total. The van der Waals surface area contributed by atoms with Crippen LogP contribution in [0.25, 0.3) is 11.0 Å². The number of carbonyl (C=O) groups excluding carboxylic acids is 1. The number of benzene rings is 2. The third kappa shape index (κ3) is 5.05. The molecule has 1 atom stereocenters. The van der Waals surface area contributed by atoms with E-state index in [9.17, 15) is 9.59 Å². The molecule has 0 radical (unpaired) electrons. The second-order valence-corrected chi connectivity index (χ2v) is 9.06. The van der Waals surface area contributed by atoms with Crippen LogP contribution < -0.4 is 14.9 Å². The van der Waals surface area contributed by atoms with Gasteiger partial charge in [-0.05, 0) is 55.5 Å². The van der Waals surface area contributed by atoms with Crippen LogP contribution in [0.1, 0.15) is 61.3 Å². The quantitative estimate of drug-likeness (QED) is 0.352. The number of rotatable bonds is 11. The first kappa shape index (κ1) is 24.8. The molecule has 186 valence electrons. The molecule has 0 fully saturated rings. The number of fused-ring (bicyclic) bond motifs is 2. The number of ether oxygens (including phenoxy) is 3. The zero-order chi connectivity index (χ0) is 24.9. The number of hydrogen-bond acceptors (Lipinski definition) is 6. The summed E-state index contributed by atoms with van der Waals surface area (Å²) >= 11 is 0. The van der Waals surface area contributed by atoms with Gasteiger partial charge in [0.05, 0.1) is 30.7 Å². The van der Waals surface area contributed by atoms with Crippen LogP contribution in [0.5, 0.6) is 11.5 Å². The molecule has 0 saturated carbocycles. The molecular formula is C28H33NO6. The summed E-state index contributed by atoms with van der Waals surface area (Å²) < 4.78 is 23.0. The third-order valence-corrected chi connectivity index (χ3v) is 6.22. The average Bonchev–Trinajstić information content (AvgIpc) is 3.13. The lowest BCUT2D eigenvalue weighted by molar-refractivity contribution is 0.0695. The lowest BCUT2D eigenvalue weighted by Crippen LogP contribution is -2.31. The summed E-state index contributed by atoms with van der Waals surface area (Å²) in [5.41, 5.74) is 1.35. The Morgan fingerprint density at radius 3 is 2.60 bits per heavy atom. The number of nitrogens with zero attached hydrogens (tertiary/aromatic N) is 1. The van der Waals surface area contributed by atoms with Crippen molar-refractivity contribution in [3.05, 3.63) is 69.6 Å². The number of para-hydroxylation sites is 1. The minimum atomic E-state index is -0.585. The highest BCUT2D eigenvalue weighted by Gasteiger charge is 2.42. The summed E-state index contributed by atoms with van der Waals surface area (Å²) in [6, 6.07) is 12.0. The van der Waals surface area contributed by atoms with E-state index in [1.807, 2.05) is 25.1 Å². The molecule has 35 heavy (non-hydrogen) atoms. The maximum atomic E-state index is 13.6. The van der Waals surface area contributed by atoms with E-state index >= 15 is 0 Å². The maximum absolute atomic E-state index is 13.6. The predicted octanol–water partition coefficient (Wildman–Crippen LogP) is 5.20. The third-order valence-electron chi connectivity index (χ3n) is 6.22. The van der Waals surface area contributed by atoms with Crippen LogP contribution in [0.15, 0.2) is 51.7 Å². The molecular weight excluding hydrogens is 446 g/mol. The predicted molar refractivity (Wildman–Crippen MR) is 134 cm³/mol. The SMILES string of the molecule is CCOCCCN1C(=O)c2oc3ccccc3c(=O)c2C1c1ccc(OCCC(C)C)c(OC)c1. The van der Waals surface area contributed by atoms with E-state index < -0.39 is 6.04 Å². The van der Waals surface area contributed by atoms with Gasteiger partial charge in [0.1, 0.15) is 5.58 Å². The highest BCUT2D eigenvalue weighted by Crippen LogP contribution is 2.41. The van der Waals surface area contributed by atoms with Gasteiger partial charge in [-0.3, -0.25) is 9.59 Å². The smallest absolute Gasteiger partial charge is 0.290 e. The van der Waals surface area contributed by atoms with Crippen LogP contribution in [0.3, 0.4) is 0 Å². The van der Waals surface area contributed by atoms with Gasteiger partial charge in [0.2, 0.25) is 5.76 Å². The molecule has 2 heterocycles. The Kier molecular flexibility index (Phi) is 7.76. The van der Waals surface area contributed by atoms with Crippen molar-refractivity contribution < 1.29 is 23.4 Å². The van der Waals surface area contributed by atoms with Crippen molar-refractivity contribution in [2.75, 3.05) is 33.5 Å². The largest absolute Gasteiger partial charge is 0.493 e. The van der Waals surface area contributed by atoms with Crippen molar-refractivity contribution in [2.45, 2.75) is 39.7 Å². The Labute approximate surface area is 205 Å². The minimum Gasteiger partial charge on any atom is -0.493 e. The van der Waals surface area contributed by atoms with Crippen molar-refractivity contribution in [3.8, 4) is 11.5 Å². The molecule has 4 rings (SSSR count). The summed E-state index contributed by atoms with van der Waals surface area (Å²) in [5.74, 6) is 1.54. The number of carbonyl (C=O) groups is 1. The van der Waals surface area contributed by atoms with Gasteiger partial charge in [-0.1, -0.05) is 32.0 Å².